The van der Waals surface area contributed by atoms with Gasteiger partial charge in [-0.25, -0.2) is 10.8 Å². The largest absolute Gasteiger partial charge is 0.308 e. The molecule has 0 radical (unpaired) electrons. The highest BCUT2D eigenvalue weighted by Gasteiger charge is 2.09. The van der Waals surface area contributed by atoms with Gasteiger partial charge in [0.05, 0.1) is 12.2 Å². The van der Waals surface area contributed by atoms with Gasteiger partial charge in [0.15, 0.2) is 0 Å². The second kappa shape index (κ2) is 5.18. The molecule has 0 amide bonds. The highest BCUT2D eigenvalue weighted by Crippen LogP contribution is 2.15. The summed E-state index contributed by atoms with van der Waals surface area (Å²) in [6.45, 7) is 7.07. The maximum atomic E-state index is 5.29. The molecule has 0 aromatic carbocycles. The third-order valence-corrected chi connectivity index (χ3v) is 3.19. The lowest BCUT2D eigenvalue weighted by Crippen LogP contribution is -2.09. The Balaban J connectivity index is 2.22. The van der Waals surface area contributed by atoms with Crippen molar-refractivity contribution in [1.82, 2.24) is 14.8 Å². The number of aromatic nitrogens is 3. The number of nitrogens with one attached hydrogen (secondary N) is 1. The Kier molecular flexibility index (Phi) is 3.62. The lowest BCUT2D eigenvalue weighted by Gasteiger charge is -2.06. The zero-order chi connectivity index (χ0) is 13.1. The zero-order valence-corrected chi connectivity index (χ0v) is 11.1. The number of hydrogen-bond donors (Lipinski definition) is 2. The second-order valence-corrected chi connectivity index (χ2v) is 4.36. The Morgan fingerprint density at radius 3 is 2.61 bits per heavy atom. The molecule has 2 heterocycles. The van der Waals surface area contributed by atoms with Crippen LogP contribution in [-0.4, -0.2) is 14.8 Å². The normalized spacial score (nSPS) is 10.7. The molecule has 0 aliphatic heterocycles. The van der Waals surface area contributed by atoms with Gasteiger partial charge in [0.1, 0.15) is 5.82 Å². The third kappa shape index (κ3) is 2.36. The van der Waals surface area contributed by atoms with Gasteiger partial charge in [0.25, 0.3) is 0 Å². The molecule has 18 heavy (non-hydrogen) atoms. The van der Waals surface area contributed by atoms with Gasteiger partial charge in [-0.05, 0) is 37.5 Å². The van der Waals surface area contributed by atoms with Gasteiger partial charge in [0, 0.05) is 11.9 Å². The summed E-state index contributed by atoms with van der Waals surface area (Å²) in [5, 5.41) is 4.57. The molecule has 0 bridgehead atoms. The zero-order valence-electron chi connectivity index (χ0n) is 11.1. The second-order valence-electron chi connectivity index (χ2n) is 4.36. The molecule has 0 atom stereocenters. The minimum absolute atomic E-state index is 0.668. The Morgan fingerprint density at radius 1 is 1.33 bits per heavy atom. The van der Waals surface area contributed by atoms with Crippen LogP contribution in [0.15, 0.2) is 18.3 Å². The first-order valence-electron chi connectivity index (χ1n) is 6.10. The van der Waals surface area contributed by atoms with Crippen LogP contribution >= 0.6 is 0 Å². The molecule has 0 aliphatic carbocycles. The Labute approximate surface area is 107 Å². The first-order valence-corrected chi connectivity index (χ1v) is 6.10. The van der Waals surface area contributed by atoms with Crippen LogP contribution in [0, 0.1) is 13.8 Å². The molecule has 2 aromatic heterocycles. The predicted octanol–water partition coefficient (Wildman–Crippen LogP) is 1.79. The van der Waals surface area contributed by atoms with Crippen molar-refractivity contribution < 1.29 is 0 Å². The van der Waals surface area contributed by atoms with E-state index in [1.807, 2.05) is 23.0 Å². The molecule has 96 valence electrons. The molecule has 3 N–H and O–H groups in total. The Hall–Kier alpha value is -1.88. The van der Waals surface area contributed by atoms with Crippen LogP contribution in [-0.2, 0) is 13.0 Å². The van der Waals surface area contributed by atoms with Crippen molar-refractivity contribution in [2.24, 2.45) is 5.84 Å². The van der Waals surface area contributed by atoms with Gasteiger partial charge >= 0.3 is 0 Å². The first-order chi connectivity index (χ1) is 8.65. The van der Waals surface area contributed by atoms with Gasteiger partial charge in [-0.1, -0.05) is 13.0 Å². The monoisotopic (exact) mass is 245 g/mol. The summed E-state index contributed by atoms with van der Waals surface area (Å²) in [5.74, 6) is 5.96. The minimum atomic E-state index is 0.668. The van der Waals surface area contributed by atoms with Gasteiger partial charge in [-0.15, -0.1) is 0 Å². The summed E-state index contributed by atoms with van der Waals surface area (Å²) in [7, 11) is 0. The van der Waals surface area contributed by atoms with E-state index in [-0.39, 0.29) is 0 Å². The maximum absolute atomic E-state index is 5.29. The van der Waals surface area contributed by atoms with E-state index in [1.165, 1.54) is 11.3 Å². The number of hydrogen-bond acceptors (Lipinski definition) is 4. The topological polar surface area (TPSA) is 68.8 Å². The lowest BCUT2D eigenvalue weighted by molar-refractivity contribution is 0.656. The fraction of sp³-hybridized carbons (Fsp3) is 0.385. The summed E-state index contributed by atoms with van der Waals surface area (Å²) in [4.78, 5) is 4.20. The SMILES string of the molecule is CCc1c(C)nn(Cc2ccc(NN)nc2)c1C. The Morgan fingerprint density at radius 2 is 2.11 bits per heavy atom. The highest BCUT2D eigenvalue weighted by molar-refractivity contribution is 5.34. The van der Waals surface area contributed by atoms with Crippen LogP contribution in [0.25, 0.3) is 0 Å². The lowest BCUT2D eigenvalue weighted by atomic mass is 10.1. The minimum Gasteiger partial charge on any atom is -0.308 e. The maximum Gasteiger partial charge on any atom is 0.139 e. The molecule has 2 aromatic rings. The fourth-order valence-corrected chi connectivity index (χ4v) is 2.18. The molecule has 0 aliphatic rings. The van der Waals surface area contributed by atoms with Crippen LogP contribution in [0.5, 0.6) is 0 Å². The molecule has 0 fully saturated rings. The number of nitrogens with two attached hydrogens (primary N) is 1. The van der Waals surface area contributed by atoms with E-state index in [1.54, 1.807) is 0 Å². The summed E-state index contributed by atoms with van der Waals surface area (Å²) in [6, 6.07) is 3.87. The van der Waals surface area contributed by atoms with E-state index >= 15 is 0 Å². The number of hydrazine groups is 1. The predicted molar refractivity (Wildman–Crippen MR) is 72.2 cm³/mol. The van der Waals surface area contributed by atoms with Crippen molar-refractivity contribution in [1.29, 1.82) is 0 Å². The van der Waals surface area contributed by atoms with E-state index < -0.39 is 0 Å². The van der Waals surface area contributed by atoms with Crippen molar-refractivity contribution in [2.45, 2.75) is 33.7 Å². The van der Waals surface area contributed by atoms with Crippen molar-refractivity contribution in [3.05, 3.63) is 40.8 Å². The van der Waals surface area contributed by atoms with E-state index in [2.05, 4.69) is 36.3 Å². The summed E-state index contributed by atoms with van der Waals surface area (Å²) in [5.41, 5.74) is 7.31. The Bertz CT molecular complexity index is 527. The number of pyridine rings is 1. The summed E-state index contributed by atoms with van der Waals surface area (Å²) < 4.78 is 2.03. The smallest absolute Gasteiger partial charge is 0.139 e. The van der Waals surface area contributed by atoms with Crippen LogP contribution in [0.2, 0.25) is 0 Å². The van der Waals surface area contributed by atoms with Crippen molar-refractivity contribution in [2.75, 3.05) is 5.43 Å². The van der Waals surface area contributed by atoms with E-state index in [0.29, 0.717) is 5.82 Å². The van der Waals surface area contributed by atoms with Gasteiger partial charge < -0.3 is 5.43 Å². The average Bonchev–Trinajstić information content (AvgIpc) is 2.65. The van der Waals surface area contributed by atoms with Crippen molar-refractivity contribution in [3.63, 3.8) is 0 Å². The first kappa shape index (κ1) is 12.6. The molecule has 0 saturated heterocycles. The summed E-state index contributed by atoms with van der Waals surface area (Å²) >= 11 is 0. The van der Waals surface area contributed by atoms with Crippen LogP contribution in [0.3, 0.4) is 0 Å². The summed E-state index contributed by atoms with van der Waals surface area (Å²) in [6.07, 6.45) is 2.84. The molecule has 5 nitrogen and oxygen atoms in total. The highest BCUT2D eigenvalue weighted by atomic mass is 15.3. The number of rotatable bonds is 4. The van der Waals surface area contributed by atoms with Gasteiger partial charge in [0.2, 0.25) is 0 Å². The number of aryl methyl sites for hydroxylation is 1. The van der Waals surface area contributed by atoms with Crippen LogP contribution in [0.4, 0.5) is 5.82 Å². The van der Waals surface area contributed by atoms with E-state index in [4.69, 9.17) is 5.84 Å². The van der Waals surface area contributed by atoms with Crippen molar-refractivity contribution >= 4 is 5.82 Å². The van der Waals surface area contributed by atoms with E-state index in [0.717, 1.165) is 24.2 Å². The van der Waals surface area contributed by atoms with Crippen molar-refractivity contribution in [3.8, 4) is 0 Å². The molecule has 0 unspecified atom stereocenters. The van der Waals surface area contributed by atoms with E-state index in [9.17, 15) is 0 Å². The third-order valence-electron chi connectivity index (χ3n) is 3.19. The molecule has 0 saturated carbocycles. The molecular weight excluding hydrogens is 226 g/mol. The average molecular weight is 245 g/mol. The number of nitrogens with zero attached hydrogens (tertiary/aromatic N) is 3. The quantitative estimate of drug-likeness (QED) is 0.636. The van der Waals surface area contributed by atoms with Gasteiger partial charge in [-0.3, -0.25) is 4.68 Å². The fourth-order valence-electron chi connectivity index (χ4n) is 2.18. The number of nitrogen functional groups attached to an aromatic ring is 1. The number of anilines is 1. The molecular formula is C13H19N5. The van der Waals surface area contributed by atoms with Crippen LogP contribution in [0.1, 0.15) is 29.4 Å². The molecule has 0 spiro atoms. The standard InChI is InChI=1S/C13H19N5/c1-4-12-9(2)17-18(10(12)3)8-11-5-6-13(16-14)15-7-11/h5-7H,4,8,14H2,1-3H3,(H,15,16). The molecule has 5 heteroatoms. The van der Waals surface area contributed by atoms with Crippen LogP contribution < -0.4 is 11.3 Å². The molecule has 2 rings (SSSR count). The van der Waals surface area contributed by atoms with Gasteiger partial charge in [-0.2, -0.15) is 5.10 Å².